The molecule has 0 aliphatic heterocycles. The first kappa shape index (κ1) is 14.8. The molecule has 1 nitrogen and oxygen atoms in total. The number of ether oxygens (including phenoxy) is 1. The molecule has 2 unspecified atom stereocenters. The Morgan fingerprint density at radius 3 is 1.63 bits per heavy atom. The van der Waals surface area contributed by atoms with Crippen LogP contribution in [0.4, 0.5) is 0 Å². The van der Waals surface area contributed by atoms with Gasteiger partial charge in [-0.3, -0.25) is 0 Å². The van der Waals surface area contributed by atoms with E-state index in [0.29, 0.717) is 12.2 Å². The molecule has 19 heavy (non-hydrogen) atoms. The summed E-state index contributed by atoms with van der Waals surface area (Å²) in [5, 5.41) is 0. The molecule has 0 saturated heterocycles. The van der Waals surface area contributed by atoms with Crippen molar-refractivity contribution in [2.24, 2.45) is 0 Å². The van der Waals surface area contributed by atoms with Crippen molar-refractivity contribution in [1.29, 1.82) is 0 Å². The third-order valence-corrected chi connectivity index (χ3v) is 4.55. The average molecular weight is 262 g/mol. The molecule has 0 aromatic rings. The predicted molar refractivity (Wildman–Crippen MR) is 82.3 cm³/mol. The third kappa shape index (κ3) is 4.21. The highest BCUT2D eigenvalue weighted by atomic mass is 16.5. The lowest BCUT2D eigenvalue weighted by Crippen LogP contribution is -2.26. The molecule has 0 bridgehead atoms. The Hall–Kier alpha value is -0.560. The summed E-state index contributed by atoms with van der Waals surface area (Å²) < 4.78 is 6.49. The van der Waals surface area contributed by atoms with Crippen LogP contribution in [0, 0.1) is 0 Å². The fourth-order valence-corrected chi connectivity index (χ4v) is 3.40. The van der Waals surface area contributed by atoms with Crippen LogP contribution in [0.1, 0.15) is 78.1 Å². The van der Waals surface area contributed by atoms with Crippen LogP contribution >= 0.6 is 0 Å². The van der Waals surface area contributed by atoms with Gasteiger partial charge in [0.05, 0.1) is 12.2 Å². The van der Waals surface area contributed by atoms with Crippen LogP contribution in [-0.4, -0.2) is 12.2 Å². The molecule has 0 N–H and O–H groups in total. The maximum absolute atomic E-state index is 6.49. The Morgan fingerprint density at radius 1 is 0.842 bits per heavy atom. The van der Waals surface area contributed by atoms with Crippen LogP contribution in [0.15, 0.2) is 23.3 Å². The van der Waals surface area contributed by atoms with Crippen molar-refractivity contribution in [3.05, 3.63) is 23.3 Å². The first-order valence-electron chi connectivity index (χ1n) is 8.38. The SMILES string of the molecule is CCC(OC(CC)C1=CCCCC1)C1=CCCCC1. The highest BCUT2D eigenvalue weighted by Crippen LogP contribution is 2.29. The molecule has 2 aliphatic carbocycles. The predicted octanol–water partition coefficient (Wildman–Crippen LogP) is 5.56. The van der Waals surface area contributed by atoms with Gasteiger partial charge >= 0.3 is 0 Å². The van der Waals surface area contributed by atoms with Crippen LogP contribution < -0.4 is 0 Å². The van der Waals surface area contributed by atoms with E-state index in [9.17, 15) is 0 Å². The van der Waals surface area contributed by atoms with Gasteiger partial charge in [0.15, 0.2) is 0 Å². The summed E-state index contributed by atoms with van der Waals surface area (Å²) in [6.07, 6.45) is 18.3. The van der Waals surface area contributed by atoms with Crippen molar-refractivity contribution >= 4 is 0 Å². The largest absolute Gasteiger partial charge is 0.366 e. The van der Waals surface area contributed by atoms with Crippen LogP contribution in [0.5, 0.6) is 0 Å². The average Bonchev–Trinajstić information content (AvgIpc) is 2.50. The van der Waals surface area contributed by atoms with E-state index in [2.05, 4.69) is 26.0 Å². The molecule has 0 radical (unpaired) electrons. The molecule has 108 valence electrons. The van der Waals surface area contributed by atoms with E-state index in [1.807, 2.05) is 0 Å². The van der Waals surface area contributed by atoms with Gasteiger partial charge in [0.2, 0.25) is 0 Å². The molecule has 0 heterocycles. The quantitative estimate of drug-likeness (QED) is 0.569. The van der Waals surface area contributed by atoms with Crippen molar-refractivity contribution < 1.29 is 4.74 Å². The molecule has 0 aromatic carbocycles. The van der Waals surface area contributed by atoms with Crippen molar-refractivity contribution in [3.8, 4) is 0 Å². The van der Waals surface area contributed by atoms with Gasteiger partial charge in [-0.15, -0.1) is 0 Å². The lowest BCUT2D eigenvalue weighted by molar-refractivity contribution is 0.0194. The third-order valence-electron chi connectivity index (χ3n) is 4.55. The van der Waals surface area contributed by atoms with Crippen LogP contribution in [-0.2, 0) is 4.74 Å². The summed E-state index contributed by atoms with van der Waals surface area (Å²) in [5.41, 5.74) is 3.15. The first-order chi connectivity index (χ1) is 9.35. The van der Waals surface area contributed by atoms with Crippen molar-refractivity contribution in [2.45, 2.75) is 90.3 Å². The molecular weight excluding hydrogens is 232 g/mol. The van der Waals surface area contributed by atoms with Gasteiger partial charge in [0.25, 0.3) is 0 Å². The van der Waals surface area contributed by atoms with Gasteiger partial charge in [-0.1, -0.05) is 26.0 Å². The molecular formula is C18H30O. The second-order valence-electron chi connectivity index (χ2n) is 5.98. The van der Waals surface area contributed by atoms with Gasteiger partial charge < -0.3 is 4.74 Å². The fraction of sp³-hybridized carbons (Fsp3) is 0.778. The maximum atomic E-state index is 6.49. The van der Waals surface area contributed by atoms with E-state index in [4.69, 9.17) is 4.74 Å². The summed E-state index contributed by atoms with van der Waals surface area (Å²) >= 11 is 0. The molecule has 2 aliphatic rings. The first-order valence-corrected chi connectivity index (χ1v) is 8.38. The molecule has 0 fully saturated rings. The maximum Gasteiger partial charge on any atom is 0.0790 e. The Kier molecular flexibility index (Phi) is 6.16. The number of hydrogen-bond acceptors (Lipinski definition) is 1. The van der Waals surface area contributed by atoms with E-state index < -0.39 is 0 Å². The van der Waals surface area contributed by atoms with Crippen molar-refractivity contribution in [3.63, 3.8) is 0 Å². The van der Waals surface area contributed by atoms with Gasteiger partial charge in [-0.2, -0.15) is 0 Å². The second kappa shape index (κ2) is 7.89. The van der Waals surface area contributed by atoms with E-state index in [-0.39, 0.29) is 0 Å². The van der Waals surface area contributed by atoms with Gasteiger partial charge in [-0.25, -0.2) is 0 Å². The molecule has 0 saturated carbocycles. The van der Waals surface area contributed by atoms with Crippen LogP contribution in [0.3, 0.4) is 0 Å². The standard InChI is InChI=1S/C18H30O/c1-3-17(15-11-7-5-8-12-15)19-18(4-2)16-13-9-6-10-14-16/h11,13,17-18H,3-10,12,14H2,1-2H3. The normalized spacial score (nSPS) is 23.5. The highest BCUT2D eigenvalue weighted by Gasteiger charge is 2.22. The highest BCUT2D eigenvalue weighted by molar-refractivity contribution is 5.14. The summed E-state index contributed by atoms with van der Waals surface area (Å²) in [7, 11) is 0. The van der Waals surface area contributed by atoms with Crippen LogP contribution in [0.2, 0.25) is 0 Å². The lowest BCUT2D eigenvalue weighted by atomic mass is 9.92. The minimum absolute atomic E-state index is 0.369. The van der Waals surface area contributed by atoms with Crippen molar-refractivity contribution in [1.82, 2.24) is 0 Å². The minimum atomic E-state index is 0.369. The Bertz CT molecular complexity index is 295. The molecule has 2 atom stereocenters. The molecule has 0 spiro atoms. The van der Waals surface area contributed by atoms with E-state index in [0.717, 1.165) is 12.8 Å². The van der Waals surface area contributed by atoms with E-state index in [1.165, 1.54) is 51.4 Å². The van der Waals surface area contributed by atoms with E-state index in [1.54, 1.807) is 11.1 Å². The van der Waals surface area contributed by atoms with E-state index >= 15 is 0 Å². The summed E-state index contributed by atoms with van der Waals surface area (Å²) in [6, 6.07) is 0. The summed E-state index contributed by atoms with van der Waals surface area (Å²) in [4.78, 5) is 0. The second-order valence-corrected chi connectivity index (χ2v) is 5.98. The van der Waals surface area contributed by atoms with Crippen LogP contribution in [0.25, 0.3) is 0 Å². The lowest BCUT2D eigenvalue weighted by Gasteiger charge is -2.30. The van der Waals surface area contributed by atoms with Crippen molar-refractivity contribution in [2.75, 3.05) is 0 Å². The molecule has 1 heteroatoms. The zero-order valence-electron chi connectivity index (χ0n) is 12.8. The topological polar surface area (TPSA) is 9.23 Å². The fourth-order valence-electron chi connectivity index (χ4n) is 3.40. The number of allylic oxidation sites excluding steroid dienone is 2. The smallest absolute Gasteiger partial charge is 0.0790 e. The Labute approximate surface area is 119 Å². The monoisotopic (exact) mass is 262 g/mol. The molecule has 0 amide bonds. The number of hydrogen-bond donors (Lipinski definition) is 0. The van der Waals surface area contributed by atoms with Gasteiger partial charge in [0.1, 0.15) is 0 Å². The summed E-state index contributed by atoms with van der Waals surface area (Å²) in [5.74, 6) is 0. The van der Waals surface area contributed by atoms with Gasteiger partial charge in [-0.05, 0) is 75.4 Å². The Balaban J connectivity index is 1.98. The minimum Gasteiger partial charge on any atom is -0.366 e. The molecule has 2 rings (SSSR count). The zero-order valence-corrected chi connectivity index (χ0v) is 12.8. The van der Waals surface area contributed by atoms with Gasteiger partial charge in [0, 0.05) is 0 Å². The Morgan fingerprint density at radius 2 is 1.32 bits per heavy atom. The number of rotatable bonds is 6. The summed E-state index contributed by atoms with van der Waals surface area (Å²) in [6.45, 7) is 4.53. The zero-order chi connectivity index (χ0) is 13.5. The molecule has 0 aromatic heterocycles.